The van der Waals surface area contributed by atoms with E-state index in [-0.39, 0.29) is 21.8 Å². The third-order valence-electron chi connectivity index (χ3n) is 6.25. The quantitative estimate of drug-likeness (QED) is 0.748. The van der Waals surface area contributed by atoms with E-state index < -0.39 is 15.5 Å². The molecule has 0 bridgehead atoms. The highest BCUT2D eigenvalue weighted by Crippen LogP contribution is 2.25. The molecule has 0 unspecified atom stereocenters. The highest BCUT2D eigenvalue weighted by atomic mass is 32.2. The molecule has 2 aliphatic rings. The highest BCUT2D eigenvalue weighted by molar-refractivity contribution is 7.89. The molecule has 8 heteroatoms. The fourth-order valence-electron chi connectivity index (χ4n) is 4.86. The standard InChI is InChI=1S/C22H29N3O4S/c1-15-10-16(2)13-24(12-15)22(27)19-14-23(3)20-7-6-17(11-18(20)21(19)26)30(28,29)25-8-4-5-9-25/h6-7,11,14-16H,4-5,8-10,12-13H2,1-3H3/t15-,16-/m0/s1. The molecule has 7 nitrogen and oxygen atoms in total. The third-order valence-corrected chi connectivity index (χ3v) is 8.14. The van der Waals surface area contributed by atoms with Gasteiger partial charge >= 0.3 is 0 Å². The number of carbonyl (C=O) groups excluding carboxylic acids is 1. The second-order valence-corrected chi connectivity index (χ2v) is 10.9. The van der Waals surface area contributed by atoms with Crippen LogP contribution in [0.25, 0.3) is 10.9 Å². The number of hydrogen-bond donors (Lipinski definition) is 0. The molecule has 2 saturated heterocycles. The number of carbonyl (C=O) groups is 1. The van der Waals surface area contributed by atoms with Crippen molar-refractivity contribution in [2.24, 2.45) is 18.9 Å². The van der Waals surface area contributed by atoms with E-state index in [1.165, 1.54) is 10.4 Å². The molecule has 2 aliphatic heterocycles. The molecule has 2 fully saturated rings. The Labute approximate surface area is 177 Å². The van der Waals surface area contributed by atoms with Crippen LogP contribution in [0.15, 0.2) is 34.1 Å². The molecular weight excluding hydrogens is 402 g/mol. The Balaban J connectivity index is 1.78. The van der Waals surface area contributed by atoms with Gasteiger partial charge in [0.1, 0.15) is 5.56 Å². The second-order valence-electron chi connectivity index (χ2n) is 8.93. The van der Waals surface area contributed by atoms with Crippen LogP contribution in [0.3, 0.4) is 0 Å². The van der Waals surface area contributed by atoms with E-state index in [0.717, 1.165) is 19.3 Å². The van der Waals surface area contributed by atoms with E-state index in [0.29, 0.717) is 43.5 Å². The average molecular weight is 432 g/mol. The predicted octanol–water partition coefficient (Wildman–Crippen LogP) is 2.44. The summed E-state index contributed by atoms with van der Waals surface area (Å²) in [6, 6.07) is 4.63. The summed E-state index contributed by atoms with van der Waals surface area (Å²) < 4.78 is 29.1. The number of aromatic nitrogens is 1. The average Bonchev–Trinajstić information content (AvgIpc) is 3.25. The summed E-state index contributed by atoms with van der Waals surface area (Å²) >= 11 is 0. The molecule has 0 spiro atoms. The van der Waals surface area contributed by atoms with Crippen LogP contribution >= 0.6 is 0 Å². The molecule has 1 aromatic carbocycles. The fourth-order valence-corrected chi connectivity index (χ4v) is 6.40. The van der Waals surface area contributed by atoms with Crippen LogP contribution in [0.1, 0.15) is 43.5 Å². The normalized spacial score (nSPS) is 23.2. The molecule has 1 aromatic heterocycles. The van der Waals surface area contributed by atoms with Gasteiger partial charge in [0.2, 0.25) is 15.5 Å². The van der Waals surface area contributed by atoms with Crippen molar-refractivity contribution in [3.63, 3.8) is 0 Å². The molecule has 0 radical (unpaired) electrons. The van der Waals surface area contributed by atoms with Gasteiger partial charge in [-0.15, -0.1) is 0 Å². The van der Waals surface area contributed by atoms with Gasteiger partial charge in [-0.3, -0.25) is 9.59 Å². The number of rotatable bonds is 3. The first-order chi connectivity index (χ1) is 14.2. The number of benzene rings is 1. The summed E-state index contributed by atoms with van der Waals surface area (Å²) in [6.45, 7) is 6.50. The molecular formula is C22H29N3O4S. The number of sulfonamides is 1. The number of amides is 1. The smallest absolute Gasteiger partial charge is 0.259 e. The highest BCUT2D eigenvalue weighted by Gasteiger charge is 2.30. The second kappa shape index (κ2) is 7.81. The van der Waals surface area contributed by atoms with Crippen molar-refractivity contribution in [2.45, 2.75) is 38.0 Å². The summed E-state index contributed by atoms with van der Waals surface area (Å²) in [5.74, 6) is 0.502. The van der Waals surface area contributed by atoms with Crippen molar-refractivity contribution < 1.29 is 13.2 Å². The van der Waals surface area contributed by atoms with Crippen molar-refractivity contribution in [3.05, 3.63) is 40.2 Å². The zero-order valence-electron chi connectivity index (χ0n) is 17.8. The number of aryl methyl sites for hydroxylation is 1. The summed E-state index contributed by atoms with van der Waals surface area (Å²) in [6.07, 6.45) is 4.34. The van der Waals surface area contributed by atoms with Crippen LogP contribution in [0, 0.1) is 11.8 Å². The van der Waals surface area contributed by atoms with Gasteiger partial charge in [0.15, 0.2) is 0 Å². The molecule has 2 aromatic rings. The van der Waals surface area contributed by atoms with Crippen LogP contribution in [0.4, 0.5) is 0 Å². The van der Waals surface area contributed by atoms with Crippen LogP contribution in [0.2, 0.25) is 0 Å². The molecule has 4 rings (SSSR count). The van der Waals surface area contributed by atoms with Gasteiger partial charge in [-0.25, -0.2) is 8.42 Å². The Kier molecular flexibility index (Phi) is 5.48. The maximum absolute atomic E-state index is 13.3. The lowest BCUT2D eigenvalue weighted by atomic mass is 9.91. The first-order valence-corrected chi connectivity index (χ1v) is 12.1. The van der Waals surface area contributed by atoms with Gasteiger partial charge in [-0.05, 0) is 49.3 Å². The molecule has 0 N–H and O–H groups in total. The monoisotopic (exact) mass is 431 g/mol. The first kappa shape index (κ1) is 21.1. The Hall–Kier alpha value is -2.19. The minimum Gasteiger partial charge on any atom is -0.350 e. The topological polar surface area (TPSA) is 79.7 Å². The van der Waals surface area contributed by atoms with Gasteiger partial charge in [0, 0.05) is 44.8 Å². The SMILES string of the molecule is C[C@H]1C[C@H](C)CN(C(=O)c2cn(C)c3ccc(S(=O)(=O)N4CCCC4)cc3c2=O)C1. The summed E-state index contributed by atoms with van der Waals surface area (Å²) in [5, 5.41) is 0.265. The summed E-state index contributed by atoms with van der Waals surface area (Å²) in [7, 11) is -1.87. The van der Waals surface area contributed by atoms with E-state index in [2.05, 4.69) is 13.8 Å². The molecule has 3 heterocycles. The first-order valence-electron chi connectivity index (χ1n) is 10.6. The number of fused-ring (bicyclic) bond motifs is 1. The summed E-state index contributed by atoms with van der Waals surface area (Å²) in [4.78, 5) is 28.3. The van der Waals surface area contributed by atoms with Crippen molar-refractivity contribution in [3.8, 4) is 0 Å². The lowest BCUT2D eigenvalue weighted by Crippen LogP contribution is -2.44. The Morgan fingerprint density at radius 3 is 2.33 bits per heavy atom. The lowest BCUT2D eigenvalue weighted by molar-refractivity contribution is 0.0621. The van der Waals surface area contributed by atoms with Crippen molar-refractivity contribution in [1.82, 2.24) is 13.8 Å². The third kappa shape index (κ3) is 3.67. The van der Waals surface area contributed by atoms with Crippen LogP contribution < -0.4 is 5.43 Å². The molecule has 2 atom stereocenters. The molecule has 0 saturated carbocycles. The maximum atomic E-state index is 13.3. The Bertz CT molecular complexity index is 1140. The van der Waals surface area contributed by atoms with Gasteiger partial charge in [-0.2, -0.15) is 4.31 Å². The van der Waals surface area contributed by atoms with Gasteiger partial charge in [0.05, 0.1) is 10.4 Å². The van der Waals surface area contributed by atoms with Crippen LogP contribution in [-0.4, -0.2) is 54.3 Å². The number of nitrogens with zero attached hydrogens (tertiary/aromatic N) is 3. The molecule has 30 heavy (non-hydrogen) atoms. The lowest BCUT2D eigenvalue weighted by Gasteiger charge is -2.35. The van der Waals surface area contributed by atoms with E-state index >= 15 is 0 Å². The number of piperidine rings is 1. The zero-order chi connectivity index (χ0) is 21.6. The largest absolute Gasteiger partial charge is 0.350 e. The van der Waals surface area contributed by atoms with Gasteiger partial charge in [-0.1, -0.05) is 13.8 Å². The van der Waals surface area contributed by atoms with E-state index in [4.69, 9.17) is 0 Å². The van der Waals surface area contributed by atoms with Gasteiger partial charge in [0.25, 0.3) is 5.91 Å². The maximum Gasteiger partial charge on any atom is 0.259 e. The minimum atomic E-state index is -3.64. The number of pyridine rings is 1. The van der Waals surface area contributed by atoms with E-state index in [9.17, 15) is 18.0 Å². The molecule has 162 valence electrons. The number of hydrogen-bond acceptors (Lipinski definition) is 4. The zero-order valence-corrected chi connectivity index (χ0v) is 18.6. The summed E-state index contributed by atoms with van der Waals surface area (Å²) in [5.41, 5.74) is 0.303. The van der Waals surface area contributed by atoms with Crippen molar-refractivity contribution in [2.75, 3.05) is 26.2 Å². The molecule has 0 aliphatic carbocycles. The van der Waals surface area contributed by atoms with Crippen LogP contribution in [-0.2, 0) is 17.1 Å². The number of likely N-dealkylation sites (tertiary alicyclic amines) is 1. The van der Waals surface area contributed by atoms with E-state index in [1.54, 1.807) is 34.8 Å². The van der Waals surface area contributed by atoms with Gasteiger partial charge < -0.3 is 9.47 Å². The Morgan fingerprint density at radius 2 is 1.70 bits per heavy atom. The predicted molar refractivity (Wildman–Crippen MR) is 116 cm³/mol. The minimum absolute atomic E-state index is 0.0991. The fraction of sp³-hybridized carbons (Fsp3) is 0.545. The van der Waals surface area contributed by atoms with E-state index in [1.807, 2.05) is 0 Å². The van der Waals surface area contributed by atoms with Crippen LogP contribution in [0.5, 0.6) is 0 Å². The Morgan fingerprint density at radius 1 is 1.07 bits per heavy atom. The van der Waals surface area contributed by atoms with Crippen molar-refractivity contribution in [1.29, 1.82) is 0 Å². The van der Waals surface area contributed by atoms with Crippen molar-refractivity contribution >= 4 is 26.8 Å². The molecule has 1 amide bonds.